The molecule has 1 heterocycles. The predicted molar refractivity (Wildman–Crippen MR) is 52.2 cm³/mol. The monoisotopic (exact) mass is 218 g/mol. The molecule has 1 fully saturated rings. The van der Waals surface area contributed by atoms with Gasteiger partial charge in [-0.25, -0.2) is 0 Å². The summed E-state index contributed by atoms with van der Waals surface area (Å²) < 4.78 is 0. The molecule has 0 spiro atoms. The summed E-state index contributed by atoms with van der Waals surface area (Å²) in [6, 6.07) is 5.49. The lowest BCUT2D eigenvalue weighted by molar-refractivity contribution is -0.138. The van der Waals surface area contributed by atoms with E-state index < -0.39 is 5.97 Å². The Labute approximate surface area is 90.0 Å². The second kappa shape index (κ2) is 3.38. The Morgan fingerprint density at radius 2 is 2.27 bits per heavy atom. The lowest BCUT2D eigenvalue weighted by atomic mass is 10.2. The third-order valence-electron chi connectivity index (χ3n) is 2.44. The Morgan fingerprint density at radius 1 is 1.53 bits per heavy atom. The van der Waals surface area contributed by atoms with E-state index in [2.05, 4.69) is 0 Å². The Bertz CT molecular complexity index is 506. The summed E-state index contributed by atoms with van der Waals surface area (Å²) in [5, 5.41) is 26.3. The number of thiophene rings is 1. The van der Waals surface area contributed by atoms with Crippen molar-refractivity contribution in [3.8, 4) is 12.1 Å². The topological polar surface area (TPSA) is 84.9 Å². The highest BCUT2D eigenvalue weighted by Crippen LogP contribution is 2.51. The average Bonchev–Trinajstić information content (AvgIpc) is 2.91. The largest absolute Gasteiger partial charge is 0.481 e. The van der Waals surface area contributed by atoms with E-state index in [0.29, 0.717) is 16.9 Å². The molecule has 1 aliphatic carbocycles. The highest BCUT2D eigenvalue weighted by molar-refractivity contribution is 7.12. The Hall–Kier alpha value is -1.85. The van der Waals surface area contributed by atoms with E-state index >= 15 is 0 Å². The van der Waals surface area contributed by atoms with Crippen molar-refractivity contribution in [3.63, 3.8) is 0 Å². The molecule has 1 saturated carbocycles. The molecule has 0 aromatic carbocycles. The van der Waals surface area contributed by atoms with Gasteiger partial charge in [0.1, 0.15) is 17.0 Å². The summed E-state index contributed by atoms with van der Waals surface area (Å²) >= 11 is 1.23. The summed E-state index contributed by atoms with van der Waals surface area (Å²) in [4.78, 5) is 11.9. The molecule has 0 aliphatic heterocycles. The zero-order valence-electron chi connectivity index (χ0n) is 7.60. The molecule has 74 valence electrons. The molecular formula is C10H6N2O2S. The van der Waals surface area contributed by atoms with Gasteiger partial charge in [-0.3, -0.25) is 4.79 Å². The third kappa shape index (κ3) is 1.58. The number of nitriles is 2. The smallest absolute Gasteiger partial charge is 0.307 e. The van der Waals surface area contributed by atoms with Gasteiger partial charge in [-0.05, 0) is 12.5 Å². The van der Waals surface area contributed by atoms with Crippen LogP contribution in [-0.4, -0.2) is 11.1 Å². The standard InChI is InChI=1S/C10H6N2O2S/c11-3-5-1-6(4-12)15-9(5)7-2-8(7)10(13)14/h1,7-8H,2H2,(H,13,14)/t7-,8-/m1/s1. The van der Waals surface area contributed by atoms with E-state index in [0.717, 1.165) is 4.88 Å². The molecule has 1 aromatic heterocycles. The first-order valence-corrected chi connectivity index (χ1v) is 5.15. The summed E-state index contributed by atoms with van der Waals surface area (Å²) in [7, 11) is 0. The van der Waals surface area contributed by atoms with Crippen LogP contribution >= 0.6 is 11.3 Å². The summed E-state index contributed by atoms with van der Waals surface area (Å²) in [5.41, 5.74) is 0.449. The third-order valence-corrected chi connectivity index (χ3v) is 3.61. The molecule has 1 aromatic rings. The van der Waals surface area contributed by atoms with Gasteiger partial charge in [0.15, 0.2) is 0 Å². The minimum Gasteiger partial charge on any atom is -0.481 e. The Morgan fingerprint density at radius 3 is 2.73 bits per heavy atom. The normalized spacial score (nSPS) is 22.8. The van der Waals surface area contributed by atoms with E-state index in [1.54, 1.807) is 0 Å². The van der Waals surface area contributed by atoms with Crippen molar-refractivity contribution in [2.75, 3.05) is 0 Å². The van der Waals surface area contributed by atoms with Crippen molar-refractivity contribution >= 4 is 17.3 Å². The molecule has 2 rings (SSSR count). The summed E-state index contributed by atoms with van der Waals surface area (Å²) in [6.07, 6.45) is 0.579. The second-order valence-corrected chi connectivity index (χ2v) is 4.48. The molecule has 0 saturated heterocycles. The molecule has 5 heteroatoms. The first-order valence-electron chi connectivity index (χ1n) is 4.34. The van der Waals surface area contributed by atoms with Crippen molar-refractivity contribution in [1.29, 1.82) is 10.5 Å². The van der Waals surface area contributed by atoms with Crippen LogP contribution in [0.5, 0.6) is 0 Å². The van der Waals surface area contributed by atoms with Gasteiger partial charge in [0.05, 0.1) is 11.5 Å². The molecule has 0 unspecified atom stereocenters. The van der Waals surface area contributed by atoms with Crippen LogP contribution in [0.3, 0.4) is 0 Å². The van der Waals surface area contributed by atoms with E-state index in [9.17, 15) is 4.79 Å². The van der Waals surface area contributed by atoms with Gasteiger partial charge in [-0.15, -0.1) is 11.3 Å². The fourth-order valence-electron chi connectivity index (χ4n) is 1.58. The summed E-state index contributed by atoms with van der Waals surface area (Å²) in [6.45, 7) is 0. The highest BCUT2D eigenvalue weighted by Gasteiger charge is 2.46. The van der Waals surface area contributed by atoms with Crippen LogP contribution in [-0.2, 0) is 4.79 Å². The van der Waals surface area contributed by atoms with Crippen molar-refractivity contribution in [2.45, 2.75) is 12.3 Å². The van der Waals surface area contributed by atoms with Crippen molar-refractivity contribution in [2.24, 2.45) is 5.92 Å². The number of nitrogens with zero attached hydrogens (tertiary/aromatic N) is 2. The fourth-order valence-corrected chi connectivity index (χ4v) is 2.67. The zero-order chi connectivity index (χ0) is 11.0. The maximum Gasteiger partial charge on any atom is 0.307 e. The minimum absolute atomic E-state index is 0.0655. The van der Waals surface area contributed by atoms with E-state index in [-0.39, 0.29) is 11.8 Å². The molecule has 0 radical (unpaired) electrons. The van der Waals surface area contributed by atoms with Gasteiger partial charge in [-0.1, -0.05) is 0 Å². The Balaban J connectivity index is 2.31. The van der Waals surface area contributed by atoms with Gasteiger partial charge >= 0.3 is 5.97 Å². The number of hydrogen-bond donors (Lipinski definition) is 1. The summed E-state index contributed by atoms with van der Waals surface area (Å²) in [5.74, 6) is -1.26. The van der Waals surface area contributed by atoms with E-state index in [1.807, 2.05) is 12.1 Å². The maximum atomic E-state index is 10.7. The van der Waals surface area contributed by atoms with Crippen LogP contribution in [0.4, 0.5) is 0 Å². The average molecular weight is 218 g/mol. The number of hydrogen-bond acceptors (Lipinski definition) is 4. The van der Waals surface area contributed by atoms with Gasteiger partial charge in [-0.2, -0.15) is 10.5 Å². The zero-order valence-corrected chi connectivity index (χ0v) is 8.41. The number of carbonyl (C=O) groups is 1. The molecule has 1 aliphatic rings. The number of carboxylic acid groups (broad SMARTS) is 1. The number of rotatable bonds is 2. The first-order chi connectivity index (χ1) is 7.17. The van der Waals surface area contributed by atoms with Gasteiger partial charge in [0.25, 0.3) is 0 Å². The van der Waals surface area contributed by atoms with Gasteiger partial charge < -0.3 is 5.11 Å². The molecular weight excluding hydrogens is 212 g/mol. The minimum atomic E-state index is -0.823. The first kappa shape index (κ1) is 9.70. The van der Waals surface area contributed by atoms with E-state index in [1.165, 1.54) is 17.4 Å². The van der Waals surface area contributed by atoms with Crippen LogP contribution in [0.1, 0.15) is 27.7 Å². The van der Waals surface area contributed by atoms with Crippen LogP contribution in [0.2, 0.25) is 0 Å². The SMILES string of the molecule is N#Cc1cc(C#N)c([C@@H]2C[C@H]2C(=O)O)s1. The molecule has 0 amide bonds. The van der Waals surface area contributed by atoms with Crippen LogP contribution < -0.4 is 0 Å². The molecule has 2 atom stereocenters. The molecule has 0 bridgehead atoms. The number of carboxylic acids is 1. The maximum absolute atomic E-state index is 10.7. The van der Waals surface area contributed by atoms with Crippen LogP contribution in [0.25, 0.3) is 0 Å². The van der Waals surface area contributed by atoms with Crippen molar-refractivity contribution < 1.29 is 9.90 Å². The van der Waals surface area contributed by atoms with Gasteiger partial charge in [0, 0.05) is 10.8 Å². The molecule has 15 heavy (non-hydrogen) atoms. The predicted octanol–water partition coefficient (Wildman–Crippen LogP) is 1.68. The fraction of sp³-hybridized carbons (Fsp3) is 0.300. The van der Waals surface area contributed by atoms with E-state index in [4.69, 9.17) is 15.6 Å². The molecule has 4 nitrogen and oxygen atoms in total. The Kier molecular flexibility index (Phi) is 2.18. The second-order valence-electron chi connectivity index (χ2n) is 3.40. The lowest BCUT2D eigenvalue weighted by Gasteiger charge is -1.92. The van der Waals surface area contributed by atoms with Gasteiger partial charge in [0.2, 0.25) is 0 Å². The quantitative estimate of drug-likeness (QED) is 0.818. The highest BCUT2D eigenvalue weighted by atomic mass is 32.1. The van der Waals surface area contributed by atoms with Crippen LogP contribution in [0, 0.1) is 28.6 Å². The van der Waals surface area contributed by atoms with Crippen molar-refractivity contribution in [3.05, 3.63) is 21.4 Å². The van der Waals surface area contributed by atoms with Crippen LogP contribution in [0.15, 0.2) is 6.07 Å². The molecule has 1 N–H and O–H groups in total. The number of aliphatic carboxylic acids is 1. The van der Waals surface area contributed by atoms with Crippen molar-refractivity contribution in [1.82, 2.24) is 0 Å². The lowest BCUT2D eigenvalue weighted by Crippen LogP contribution is -1.98.